The molecule has 1 aromatic carbocycles. The number of nitrogens with zero attached hydrogens (tertiary/aromatic N) is 2. The molecule has 1 saturated heterocycles. The third kappa shape index (κ3) is 4.24. The molecular weight excluding hydrogens is 290 g/mol. The maximum absolute atomic E-state index is 12.0. The fourth-order valence-electron chi connectivity index (χ4n) is 3.10. The molecule has 0 bridgehead atoms. The van der Waals surface area contributed by atoms with Crippen LogP contribution in [-0.2, 0) is 4.79 Å². The van der Waals surface area contributed by atoms with Crippen molar-refractivity contribution in [3.8, 4) is 5.75 Å². The fraction of sp³-hybridized carbons (Fsp3) is 0.611. The number of hydrogen-bond acceptors (Lipinski definition) is 4. The smallest absolute Gasteiger partial charge is 0.223 e. The number of piperazine rings is 1. The Labute approximate surface area is 138 Å². The number of likely N-dealkylation sites (N-methyl/N-ethyl adjacent to an activating group) is 1. The standard InChI is InChI=1S/C18H27N3O2/c1-20-9-11-21(12-10-20)17(13-19-18(22)15-3-4-15)14-5-7-16(23-2)8-6-14/h5-8,15,17H,3-4,9-13H2,1-2H3,(H,19,22). The maximum Gasteiger partial charge on any atom is 0.223 e. The van der Waals surface area contributed by atoms with Gasteiger partial charge in [-0.2, -0.15) is 0 Å². The summed E-state index contributed by atoms with van der Waals surface area (Å²) in [5.41, 5.74) is 1.24. The second-order valence-electron chi connectivity index (χ2n) is 6.65. The summed E-state index contributed by atoms with van der Waals surface area (Å²) in [6, 6.07) is 8.47. The molecule has 23 heavy (non-hydrogen) atoms. The molecule has 0 aromatic heterocycles. The molecule has 2 aliphatic rings. The molecule has 1 aromatic rings. The van der Waals surface area contributed by atoms with Crippen LogP contribution in [0.5, 0.6) is 5.75 Å². The van der Waals surface area contributed by atoms with Gasteiger partial charge in [0.1, 0.15) is 5.75 Å². The topological polar surface area (TPSA) is 44.8 Å². The molecule has 1 saturated carbocycles. The lowest BCUT2D eigenvalue weighted by Crippen LogP contribution is -2.48. The van der Waals surface area contributed by atoms with Gasteiger partial charge in [-0.15, -0.1) is 0 Å². The highest BCUT2D eigenvalue weighted by molar-refractivity contribution is 5.80. The monoisotopic (exact) mass is 317 g/mol. The molecule has 1 atom stereocenters. The molecule has 1 aliphatic carbocycles. The molecule has 1 heterocycles. The molecule has 1 unspecified atom stereocenters. The van der Waals surface area contributed by atoms with Crippen LogP contribution in [0.2, 0.25) is 0 Å². The maximum atomic E-state index is 12.0. The Bertz CT molecular complexity index is 520. The number of amides is 1. The van der Waals surface area contributed by atoms with Gasteiger partial charge >= 0.3 is 0 Å². The summed E-state index contributed by atoms with van der Waals surface area (Å²) in [5.74, 6) is 1.35. The molecule has 1 aliphatic heterocycles. The average Bonchev–Trinajstić information content (AvgIpc) is 3.42. The van der Waals surface area contributed by atoms with Crippen molar-refractivity contribution >= 4 is 5.91 Å². The summed E-state index contributed by atoms with van der Waals surface area (Å²) in [6.45, 7) is 4.90. The fourth-order valence-corrected chi connectivity index (χ4v) is 3.10. The van der Waals surface area contributed by atoms with E-state index >= 15 is 0 Å². The first-order chi connectivity index (χ1) is 11.2. The number of carbonyl (C=O) groups excluding carboxylic acids is 1. The highest BCUT2D eigenvalue weighted by atomic mass is 16.5. The van der Waals surface area contributed by atoms with E-state index in [-0.39, 0.29) is 17.9 Å². The number of benzene rings is 1. The van der Waals surface area contributed by atoms with Crippen molar-refractivity contribution in [2.24, 2.45) is 5.92 Å². The van der Waals surface area contributed by atoms with Gasteiger partial charge in [-0.1, -0.05) is 12.1 Å². The lowest BCUT2D eigenvalue weighted by Gasteiger charge is -2.38. The van der Waals surface area contributed by atoms with E-state index in [9.17, 15) is 4.79 Å². The van der Waals surface area contributed by atoms with Gasteiger partial charge in [0, 0.05) is 38.6 Å². The van der Waals surface area contributed by atoms with Crippen LogP contribution in [0.1, 0.15) is 24.4 Å². The summed E-state index contributed by atoms with van der Waals surface area (Å²) < 4.78 is 5.26. The Balaban J connectivity index is 1.69. The van der Waals surface area contributed by atoms with Gasteiger partial charge < -0.3 is 15.0 Å². The summed E-state index contributed by atoms with van der Waals surface area (Å²) >= 11 is 0. The van der Waals surface area contributed by atoms with Gasteiger partial charge in [0.05, 0.1) is 13.2 Å². The number of hydrogen-bond donors (Lipinski definition) is 1. The van der Waals surface area contributed by atoms with Crippen LogP contribution in [0.4, 0.5) is 0 Å². The summed E-state index contributed by atoms with van der Waals surface area (Å²) in [6.07, 6.45) is 2.10. The van der Waals surface area contributed by atoms with Crippen molar-refractivity contribution in [1.82, 2.24) is 15.1 Å². The minimum atomic E-state index is 0.220. The molecule has 2 fully saturated rings. The van der Waals surface area contributed by atoms with Crippen LogP contribution in [0, 0.1) is 5.92 Å². The molecule has 0 spiro atoms. The summed E-state index contributed by atoms with van der Waals surface area (Å²) in [4.78, 5) is 16.9. The second-order valence-corrected chi connectivity index (χ2v) is 6.65. The summed E-state index contributed by atoms with van der Waals surface area (Å²) in [7, 11) is 3.84. The summed E-state index contributed by atoms with van der Waals surface area (Å²) in [5, 5.41) is 3.15. The Kier molecular flexibility index (Phi) is 5.18. The Morgan fingerprint density at radius 3 is 2.43 bits per heavy atom. The molecular formula is C18H27N3O2. The highest BCUT2D eigenvalue weighted by Crippen LogP contribution is 2.29. The van der Waals surface area contributed by atoms with Gasteiger partial charge in [-0.25, -0.2) is 0 Å². The molecule has 1 amide bonds. The van der Waals surface area contributed by atoms with Crippen LogP contribution < -0.4 is 10.1 Å². The molecule has 0 radical (unpaired) electrons. The Hall–Kier alpha value is -1.59. The average molecular weight is 317 g/mol. The minimum Gasteiger partial charge on any atom is -0.497 e. The minimum absolute atomic E-state index is 0.220. The van der Waals surface area contributed by atoms with E-state index in [1.807, 2.05) is 12.1 Å². The van der Waals surface area contributed by atoms with Crippen molar-refractivity contribution in [3.05, 3.63) is 29.8 Å². The van der Waals surface area contributed by atoms with Crippen molar-refractivity contribution in [1.29, 1.82) is 0 Å². The van der Waals surface area contributed by atoms with Crippen LogP contribution in [0.3, 0.4) is 0 Å². The van der Waals surface area contributed by atoms with E-state index < -0.39 is 0 Å². The lowest BCUT2D eigenvalue weighted by atomic mass is 10.0. The Morgan fingerprint density at radius 1 is 1.22 bits per heavy atom. The SMILES string of the molecule is COc1ccc(C(CNC(=O)C2CC2)N2CCN(C)CC2)cc1. The Morgan fingerprint density at radius 2 is 1.87 bits per heavy atom. The van der Waals surface area contributed by atoms with E-state index in [0.717, 1.165) is 44.8 Å². The van der Waals surface area contributed by atoms with Crippen molar-refractivity contribution < 1.29 is 9.53 Å². The number of carbonyl (C=O) groups is 1. The normalized spacial score (nSPS) is 21.0. The third-order valence-electron chi connectivity index (χ3n) is 4.90. The van der Waals surface area contributed by atoms with Crippen LogP contribution >= 0.6 is 0 Å². The van der Waals surface area contributed by atoms with E-state index in [4.69, 9.17) is 4.74 Å². The van der Waals surface area contributed by atoms with Crippen molar-refractivity contribution in [2.75, 3.05) is 46.9 Å². The first-order valence-corrected chi connectivity index (χ1v) is 8.51. The molecule has 3 rings (SSSR count). The molecule has 1 N–H and O–H groups in total. The van der Waals surface area contributed by atoms with Crippen LogP contribution in [-0.4, -0.2) is 62.6 Å². The van der Waals surface area contributed by atoms with E-state index in [1.54, 1.807) is 7.11 Å². The quantitative estimate of drug-likeness (QED) is 0.864. The van der Waals surface area contributed by atoms with Gasteiger partial charge in [0.15, 0.2) is 0 Å². The third-order valence-corrected chi connectivity index (χ3v) is 4.90. The lowest BCUT2D eigenvalue weighted by molar-refractivity contribution is -0.122. The zero-order chi connectivity index (χ0) is 16.2. The largest absolute Gasteiger partial charge is 0.497 e. The number of ether oxygens (including phenoxy) is 1. The number of methoxy groups -OCH3 is 1. The molecule has 5 nitrogen and oxygen atoms in total. The van der Waals surface area contributed by atoms with Gasteiger partial charge in [0.2, 0.25) is 5.91 Å². The van der Waals surface area contributed by atoms with Crippen LogP contribution in [0.25, 0.3) is 0 Å². The van der Waals surface area contributed by atoms with Crippen molar-refractivity contribution in [3.63, 3.8) is 0 Å². The van der Waals surface area contributed by atoms with E-state index in [1.165, 1.54) is 5.56 Å². The van der Waals surface area contributed by atoms with Crippen LogP contribution in [0.15, 0.2) is 24.3 Å². The first kappa shape index (κ1) is 16.3. The first-order valence-electron chi connectivity index (χ1n) is 8.51. The predicted octanol–water partition coefficient (Wildman–Crippen LogP) is 1.51. The zero-order valence-corrected chi connectivity index (χ0v) is 14.1. The van der Waals surface area contributed by atoms with E-state index in [0.29, 0.717) is 6.54 Å². The second kappa shape index (κ2) is 7.32. The molecule has 5 heteroatoms. The number of rotatable bonds is 6. The van der Waals surface area contributed by atoms with E-state index in [2.05, 4.69) is 34.3 Å². The predicted molar refractivity (Wildman–Crippen MR) is 90.5 cm³/mol. The van der Waals surface area contributed by atoms with Gasteiger partial charge in [-0.3, -0.25) is 9.69 Å². The van der Waals surface area contributed by atoms with Gasteiger partial charge in [-0.05, 0) is 37.6 Å². The number of nitrogens with one attached hydrogen (secondary N) is 1. The van der Waals surface area contributed by atoms with Gasteiger partial charge in [0.25, 0.3) is 0 Å². The molecule has 126 valence electrons. The zero-order valence-electron chi connectivity index (χ0n) is 14.1. The van der Waals surface area contributed by atoms with Crippen molar-refractivity contribution in [2.45, 2.75) is 18.9 Å². The highest BCUT2D eigenvalue weighted by Gasteiger charge is 2.31.